The topological polar surface area (TPSA) is 68.6 Å². The van der Waals surface area contributed by atoms with Crippen molar-refractivity contribution in [2.45, 2.75) is 32.4 Å². The number of hydrogen-bond acceptors (Lipinski definition) is 4. The zero-order valence-corrected chi connectivity index (χ0v) is 18.9. The Morgan fingerprint density at radius 2 is 1.79 bits per heavy atom. The van der Waals surface area contributed by atoms with Gasteiger partial charge in [0.2, 0.25) is 5.88 Å². The van der Waals surface area contributed by atoms with E-state index in [0.717, 1.165) is 0 Å². The van der Waals surface area contributed by atoms with Gasteiger partial charge in [0.1, 0.15) is 17.0 Å². The molecule has 0 aliphatic heterocycles. The fraction of sp³-hybridized carbons (Fsp3) is 0.318. The first-order valence-corrected chi connectivity index (χ1v) is 10.3. The number of rotatable bonds is 4. The molecule has 4 aromatic rings. The van der Waals surface area contributed by atoms with Crippen LogP contribution in [0.1, 0.15) is 26.5 Å². The van der Waals surface area contributed by atoms with Gasteiger partial charge in [0.15, 0.2) is 12.4 Å². The SMILES string of the molecule is Cn1nc(C(C)(C)C)c(Cl)c1-c1nc2cc(-c3ccccc3F)nc(OCC(F)(F)F)c2[nH]1.[NaH]. The summed E-state index contributed by atoms with van der Waals surface area (Å²) in [5.41, 5.74) is 1.30. The normalized spacial score (nSPS) is 12.1. The molecule has 3 heterocycles. The van der Waals surface area contributed by atoms with Crippen LogP contribution in [0.5, 0.6) is 5.88 Å². The van der Waals surface area contributed by atoms with Gasteiger partial charge >= 0.3 is 35.7 Å². The zero-order valence-electron chi connectivity index (χ0n) is 18.2. The minimum atomic E-state index is -4.59. The van der Waals surface area contributed by atoms with Gasteiger partial charge in [0.25, 0.3) is 0 Å². The molecule has 12 heteroatoms. The van der Waals surface area contributed by atoms with Gasteiger partial charge in [-0.15, -0.1) is 0 Å². The van der Waals surface area contributed by atoms with Crippen LogP contribution in [-0.2, 0) is 12.5 Å². The number of aryl methyl sites for hydroxylation is 1. The van der Waals surface area contributed by atoms with Gasteiger partial charge in [-0.1, -0.05) is 44.5 Å². The molecule has 0 saturated carbocycles. The molecule has 0 aliphatic rings. The number of fused-ring (bicyclic) bond motifs is 1. The van der Waals surface area contributed by atoms with E-state index in [1.807, 2.05) is 20.8 Å². The fourth-order valence-electron chi connectivity index (χ4n) is 3.39. The molecular formula is C22H21ClF4N5NaO. The van der Waals surface area contributed by atoms with Crippen molar-refractivity contribution in [1.82, 2.24) is 24.7 Å². The Balaban J connectivity index is 0.00000324. The monoisotopic (exact) mass is 505 g/mol. The van der Waals surface area contributed by atoms with Gasteiger partial charge in [0.05, 0.1) is 21.9 Å². The van der Waals surface area contributed by atoms with E-state index >= 15 is 0 Å². The number of benzene rings is 1. The van der Waals surface area contributed by atoms with Gasteiger partial charge in [-0.3, -0.25) is 4.68 Å². The van der Waals surface area contributed by atoms with Crippen LogP contribution < -0.4 is 4.74 Å². The summed E-state index contributed by atoms with van der Waals surface area (Å²) in [6.45, 7) is 4.30. The number of imidazole rings is 1. The number of alkyl halides is 3. The number of pyridine rings is 1. The molecule has 0 atom stereocenters. The van der Waals surface area contributed by atoms with Gasteiger partial charge in [-0.2, -0.15) is 18.3 Å². The van der Waals surface area contributed by atoms with E-state index in [2.05, 4.69) is 20.1 Å². The van der Waals surface area contributed by atoms with Crippen LogP contribution in [0.2, 0.25) is 5.02 Å². The summed E-state index contributed by atoms with van der Waals surface area (Å²) in [5.74, 6) is -0.660. The Morgan fingerprint density at radius 1 is 1.12 bits per heavy atom. The number of nitrogens with one attached hydrogen (secondary N) is 1. The van der Waals surface area contributed by atoms with Gasteiger partial charge < -0.3 is 9.72 Å². The van der Waals surface area contributed by atoms with Crippen molar-refractivity contribution in [1.29, 1.82) is 0 Å². The van der Waals surface area contributed by atoms with Crippen molar-refractivity contribution in [3.05, 3.63) is 46.9 Å². The molecule has 0 saturated heterocycles. The molecule has 1 aromatic carbocycles. The summed E-state index contributed by atoms with van der Waals surface area (Å²) in [6.07, 6.45) is -4.59. The Hall–Kier alpha value is -2.14. The summed E-state index contributed by atoms with van der Waals surface area (Å²) >= 11 is 6.60. The number of halogens is 5. The van der Waals surface area contributed by atoms with Crippen molar-refractivity contribution in [2.75, 3.05) is 6.61 Å². The minimum absolute atomic E-state index is 0. The molecule has 0 radical (unpaired) electrons. The average molecular weight is 506 g/mol. The maximum atomic E-state index is 14.4. The third-order valence-electron chi connectivity index (χ3n) is 4.89. The standard InChI is InChI=1S/C22H20ClF4N5O.Na.H/c1-21(2,3)18-15(23)17(32(4)31-18)19-28-14-9-13(11-7-5-6-8-12(11)24)29-20(16(14)30-19)33-10-22(25,26)27;;/h5-9H,10H2,1-4H3,(H,28,30);;. The molecule has 0 unspecified atom stereocenters. The number of ether oxygens (including phenoxy) is 1. The number of H-pyrrole nitrogens is 1. The molecule has 34 heavy (non-hydrogen) atoms. The van der Waals surface area contributed by atoms with Crippen molar-refractivity contribution >= 4 is 52.2 Å². The van der Waals surface area contributed by atoms with E-state index in [1.54, 1.807) is 17.8 Å². The van der Waals surface area contributed by atoms with E-state index in [-0.39, 0.29) is 69.0 Å². The Bertz CT molecular complexity index is 1340. The van der Waals surface area contributed by atoms with Gasteiger partial charge in [0, 0.05) is 18.0 Å². The van der Waals surface area contributed by atoms with E-state index in [4.69, 9.17) is 16.3 Å². The molecule has 0 aliphatic carbocycles. The summed E-state index contributed by atoms with van der Waals surface area (Å²) in [4.78, 5) is 11.6. The zero-order chi connectivity index (χ0) is 24.1. The van der Waals surface area contributed by atoms with Crippen LogP contribution in [0.3, 0.4) is 0 Å². The molecule has 0 bridgehead atoms. The predicted molar refractivity (Wildman–Crippen MR) is 124 cm³/mol. The molecule has 6 nitrogen and oxygen atoms in total. The maximum absolute atomic E-state index is 14.4. The molecule has 4 rings (SSSR count). The molecule has 176 valence electrons. The predicted octanol–water partition coefficient (Wildman–Crippen LogP) is 5.41. The number of hydrogen-bond donors (Lipinski definition) is 1. The first-order chi connectivity index (χ1) is 15.3. The Morgan fingerprint density at radius 3 is 2.38 bits per heavy atom. The third kappa shape index (κ3) is 5.25. The van der Waals surface area contributed by atoms with Gasteiger partial charge in [-0.25, -0.2) is 14.4 Å². The molecule has 0 spiro atoms. The molecular weight excluding hydrogens is 485 g/mol. The second-order valence-corrected chi connectivity index (χ2v) is 8.94. The quantitative estimate of drug-likeness (QED) is 0.297. The number of aromatic amines is 1. The number of aromatic nitrogens is 5. The van der Waals surface area contributed by atoms with Gasteiger partial charge in [-0.05, 0) is 18.2 Å². The van der Waals surface area contributed by atoms with Crippen LogP contribution in [0.4, 0.5) is 17.6 Å². The van der Waals surface area contributed by atoms with Crippen LogP contribution in [0.25, 0.3) is 33.8 Å². The first kappa shape index (κ1) is 26.5. The van der Waals surface area contributed by atoms with E-state index in [0.29, 0.717) is 16.4 Å². The fourth-order valence-corrected chi connectivity index (χ4v) is 3.92. The Kier molecular flexibility index (Phi) is 7.38. The second kappa shape index (κ2) is 9.49. The molecule has 0 fully saturated rings. The summed E-state index contributed by atoms with van der Waals surface area (Å²) in [7, 11) is 1.69. The van der Waals surface area contributed by atoms with Crippen LogP contribution in [0, 0.1) is 5.82 Å². The second-order valence-electron chi connectivity index (χ2n) is 8.56. The molecule has 3 aromatic heterocycles. The first-order valence-electron chi connectivity index (χ1n) is 9.93. The summed E-state index contributed by atoms with van der Waals surface area (Å²) in [6, 6.07) is 7.28. The van der Waals surface area contributed by atoms with E-state index < -0.39 is 18.6 Å². The molecule has 0 amide bonds. The Labute approximate surface area is 220 Å². The summed E-state index contributed by atoms with van der Waals surface area (Å²) < 4.78 is 59.4. The third-order valence-corrected chi connectivity index (χ3v) is 5.25. The van der Waals surface area contributed by atoms with Crippen molar-refractivity contribution in [3.63, 3.8) is 0 Å². The average Bonchev–Trinajstić information content (AvgIpc) is 3.25. The van der Waals surface area contributed by atoms with E-state index in [1.165, 1.54) is 24.3 Å². The summed E-state index contributed by atoms with van der Waals surface area (Å²) in [5, 5.41) is 4.84. The van der Waals surface area contributed by atoms with Crippen LogP contribution >= 0.6 is 11.6 Å². The van der Waals surface area contributed by atoms with Crippen LogP contribution in [-0.4, -0.2) is 67.1 Å². The van der Waals surface area contributed by atoms with E-state index in [9.17, 15) is 17.6 Å². The van der Waals surface area contributed by atoms with Crippen molar-refractivity contribution in [2.24, 2.45) is 7.05 Å². The van der Waals surface area contributed by atoms with Crippen molar-refractivity contribution < 1.29 is 22.3 Å². The number of nitrogens with zero attached hydrogens (tertiary/aromatic N) is 4. The van der Waals surface area contributed by atoms with Crippen molar-refractivity contribution in [3.8, 4) is 28.7 Å². The van der Waals surface area contributed by atoms with Crippen LogP contribution in [0.15, 0.2) is 30.3 Å². The molecule has 1 N–H and O–H groups in total.